The number of furan rings is 1. The molecular formula is C14H19Br2O6P. The number of rotatable bonds is 9. The van der Waals surface area contributed by atoms with Gasteiger partial charge in [0.1, 0.15) is 5.76 Å². The van der Waals surface area contributed by atoms with Gasteiger partial charge in [0.15, 0.2) is 4.67 Å². The van der Waals surface area contributed by atoms with Crippen LogP contribution in [0.4, 0.5) is 0 Å². The van der Waals surface area contributed by atoms with Crippen molar-refractivity contribution in [1.29, 1.82) is 0 Å². The Bertz CT molecular complexity index is 600. The molecule has 9 heteroatoms. The van der Waals surface area contributed by atoms with Gasteiger partial charge in [-0.2, -0.15) is 0 Å². The summed E-state index contributed by atoms with van der Waals surface area (Å²) in [6, 6.07) is 1.62. The van der Waals surface area contributed by atoms with Crippen molar-refractivity contribution in [3.8, 4) is 0 Å². The molecule has 0 aliphatic rings. The molecule has 1 heterocycles. The van der Waals surface area contributed by atoms with Gasteiger partial charge in [-0.25, -0.2) is 4.79 Å². The van der Waals surface area contributed by atoms with Crippen LogP contribution in [-0.4, -0.2) is 25.8 Å². The molecular weight excluding hydrogens is 455 g/mol. The Kier molecular flexibility index (Phi) is 8.79. The highest BCUT2D eigenvalue weighted by molar-refractivity contribution is 9.10. The van der Waals surface area contributed by atoms with Crippen LogP contribution in [0.15, 0.2) is 21.2 Å². The van der Waals surface area contributed by atoms with E-state index in [0.29, 0.717) is 21.3 Å². The summed E-state index contributed by atoms with van der Waals surface area (Å²) in [5, 5.41) is 0.482. The number of esters is 1. The summed E-state index contributed by atoms with van der Waals surface area (Å²) in [5.74, 6) is -0.132. The average Bonchev–Trinajstić information content (AvgIpc) is 2.86. The van der Waals surface area contributed by atoms with Gasteiger partial charge < -0.3 is 18.2 Å². The van der Waals surface area contributed by atoms with E-state index in [1.807, 2.05) is 0 Å². The summed E-state index contributed by atoms with van der Waals surface area (Å²) >= 11 is 6.53. The van der Waals surface area contributed by atoms with E-state index in [1.165, 1.54) is 0 Å². The van der Waals surface area contributed by atoms with E-state index in [9.17, 15) is 9.36 Å². The molecule has 0 fully saturated rings. The van der Waals surface area contributed by atoms with Crippen molar-refractivity contribution in [1.82, 2.24) is 0 Å². The Morgan fingerprint density at radius 3 is 2.35 bits per heavy atom. The normalized spacial score (nSPS) is 12.5. The summed E-state index contributed by atoms with van der Waals surface area (Å²) < 4.78 is 34.7. The smallest absolute Gasteiger partial charge is 0.362 e. The molecule has 23 heavy (non-hydrogen) atoms. The predicted octanol–water partition coefficient (Wildman–Crippen LogP) is 5.11. The molecule has 1 aromatic heterocycles. The lowest BCUT2D eigenvalue weighted by Crippen LogP contribution is -2.05. The Morgan fingerprint density at radius 2 is 1.87 bits per heavy atom. The lowest BCUT2D eigenvalue weighted by molar-refractivity contribution is -0.137. The van der Waals surface area contributed by atoms with Gasteiger partial charge in [0.25, 0.3) is 0 Å². The lowest BCUT2D eigenvalue weighted by atomic mass is 10.2. The average molecular weight is 474 g/mol. The van der Waals surface area contributed by atoms with E-state index in [1.54, 1.807) is 26.8 Å². The first-order valence-corrected chi connectivity index (χ1v) is 10.5. The number of hydrogen-bond acceptors (Lipinski definition) is 6. The summed E-state index contributed by atoms with van der Waals surface area (Å²) in [7, 11) is -3.70. The van der Waals surface area contributed by atoms with Crippen molar-refractivity contribution in [2.45, 2.75) is 26.1 Å². The van der Waals surface area contributed by atoms with Crippen LogP contribution in [0, 0.1) is 0 Å². The fourth-order valence-corrected chi connectivity index (χ4v) is 4.45. The van der Waals surface area contributed by atoms with Gasteiger partial charge in [0.05, 0.1) is 30.5 Å². The standard InChI is InChI=1S/C14H19Br2O6P/c1-4-19-14(17)8-12(23(18,20-5-2)21-6-3)10-7-13(16)22-11(10)9-15/h7-8H,4-6,9H2,1-3H3/b12-8+. The SMILES string of the molecule is CCOC(=O)/C=C(\c1cc(Br)oc1CBr)P(=O)(OCC)OCC. The minimum atomic E-state index is -3.70. The van der Waals surface area contributed by atoms with Crippen LogP contribution < -0.4 is 0 Å². The van der Waals surface area contributed by atoms with Crippen molar-refractivity contribution in [3.05, 3.63) is 28.1 Å². The minimum Gasteiger partial charge on any atom is -0.463 e. The lowest BCUT2D eigenvalue weighted by Gasteiger charge is -2.19. The number of carbonyl (C=O) groups excluding carboxylic acids is 1. The second-order valence-electron chi connectivity index (χ2n) is 4.14. The minimum absolute atomic E-state index is 0.114. The largest absolute Gasteiger partial charge is 0.463 e. The van der Waals surface area contributed by atoms with E-state index in [2.05, 4.69) is 31.9 Å². The highest BCUT2D eigenvalue weighted by atomic mass is 79.9. The van der Waals surface area contributed by atoms with Gasteiger partial charge in [-0.1, -0.05) is 15.9 Å². The Morgan fingerprint density at radius 1 is 1.26 bits per heavy atom. The molecule has 0 saturated heterocycles. The molecule has 0 atom stereocenters. The number of halogens is 2. The highest BCUT2D eigenvalue weighted by Gasteiger charge is 2.34. The van der Waals surface area contributed by atoms with E-state index in [0.717, 1.165) is 6.08 Å². The molecule has 0 aliphatic heterocycles. The number of carbonyl (C=O) groups is 1. The third-order valence-electron chi connectivity index (χ3n) is 2.61. The maximum atomic E-state index is 13.1. The van der Waals surface area contributed by atoms with Crippen LogP contribution in [0.25, 0.3) is 5.31 Å². The van der Waals surface area contributed by atoms with Crippen molar-refractivity contribution in [2.24, 2.45) is 0 Å². The summed E-state index contributed by atoms with van der Waals surface area (Å²) in [4.78, 5) is 11.9. The summed E-state index contributed by atoms with van der Waals surface area (Å²) in [5.41, 5.74) is 0.465. The Labute approximate surface area is 152 Å². The van der Waals surface area contributed by atoms with Crippen LogP contribution in [0.1, 0.15) is 32.1 Å². The monoisotopic (exact) mass is 472 g/mol. The summed E-state index contributed by atoms with van der Waals surface area (Å²) in [6.45, 7) is 5.62. The zero-order valence-corrected chi connectivity index (χ0v) is 17.2. The van der Waals surface area contributed by atoms with Crippen LogP contribution in [-0.2, 0) is 28.5 Å². The van der Waals surface area contributed by atoms with E-state index < -0.39 is 13.6 Å². The zero-order valence-electron chi connectivity index (χ0n) is 13.1. The van der Waals surface area contributed by atoms with Crippen LogP contribution in [0.2, 0.25) is 0 Å². The van der Waals surface area contributed by atoms with Crippen molar-refractivity contribution in [3.63, 3.8) is 0 Å². The van der Waals surface area contributed by atoms with Gasteiger partial charge in [-0.3, -0.25) is 4.57 Å². The number of ether oxygens (including phenoxy) is 1. The molecule has 6 nitrogen and oxygen atoms in total. The Hall–Kier alpha value is -0.400. The van der Waals surface area contributed by atoms with Gasteiger partial charge in [0, 0.05) is 11.6 Å². The topological polar surface area (TPSA) is 75.0 Å². The van der Waals surface area contributed by atoms with Gasteiger partial charge in [-0.05, 0) is 42.8 Å². The van der Waals surface area contributed by atoms with Gasteiger partial charge in [0.2, 0.25) is 0 Å². The molecule has 1 aromatic rings. The number of alkyl halides is 1. The quantitative estimate of drug-likeness (QED) is 0.215. The fourth-order valence-electron chi connectivity index (χ4n) is 1.83. The van der Waals surface area contributed by atoms with Crippen LogP contribution in [0.3, 0.4) is 0 Å². The first-order valence-electron chi connectivity index (χ1n) is 7.04. The second-order valence-corrected chi connectivity index (χ2v) is 7.47. The van der Waals surface area contributed by atoms with Crippen molar-refractivity contribution in [2.75, 3.05) is 19.8 Å². The molecule has 0 N–H and O–H groups in total. The molecule has 0 aliphatic carbocycles. The molecule has 0 saturated carbocycles. The molecule has 0 spiro atoms. The molecule has 0 aromatic carbocycles. The van der Waals surface area contributed by atoms with Crippen LogP contribution >= 0.6 is 39.5 Å². The third kappa shape index (κ3) is 5.57. The molecule has 130 valence electrons. The molecule has 0 amide bonds. The van der Waals surface area contributed by atoms with Crippen molar-refractivity contribution < 1.29 is 27.6 Å². The number of hydrogen-bond donors (Lipinski definition) is 0. The zero-order chi connectivity index (χ0) is 17.5. The maximum Gasteiger partial charge on any atom is 0.362 e. The maximum absolute atomic E-state index is 13.1. The highest BCUT2D eigenvalue weighted by Crippen LogP contribution is 2.61. The summed E-state index contributed by atoms with van der Waals surface area (Å²) in [6.07, 6.45) is 1.14. The first-order chi connectivity index (χ1) is 10.9. The molecule has 0 radical (unpaired) electrons. The van der Waals surface area contributed by atoms with Gasteiger partial charge in [-0.15, -0.1) is 0 Å². The van der Waals surface area contributed by atoms with Gasteiger partial charge >= 0.3 is 13.6 Å². The van der Waals surface area contributed by atoms with Crippen molar-refractivity contribution >= 4 is 50.7 Å². The van der Waals surface area contributed by atoms with E-state index in [4.69, 9.17) is 18.2 Å². The molecule has 1 rings (SSSR count). The fraction of sp³-hybridized carbons (Fsp3) is 0.500. The first kappa shape index (κ1) is 20.6. The Balaban J connectivity index is 3.47. The van der Waals surface area contributed by atoms with Crippen LogP contribution in [0.5, 0.6) is 0 Å². The molecule has 0 unspecified atom stereocenters. The molecule has 0 bridgehead atoms. The second kappa shape index (κ2) is 9.79. The predicted molar refractivity (Wildman–Crippen MR) is 94.5 cm³/mol. The third-order valence-corrected chi connectivity index (χ3v) is 5.67. The van der Waals surface area contributed by atoms with E-state index >= 15 is 0 Å². The van der Waals surface area contributed by atoms with E-state index in [-0.39, 0.29) is 25.1 Å².